The number of hydrogen-bond acceptors (Lipinski definition) is 3. The van der Waals surface area contributed by atoms with Gasteiger partial charge in [0.25, 0.3) is 0 Å². The van der Waals surface area contributed by atoms with Gasteiger partial charge in [-0.1, -0.05) is 181 Å². The molecule has 1 atom stereocenters. The third-order valence-electron chi connectivity index (χ3n) is 13.1. The van der Waals surface area contributed by atoms with Crippen LogP contribution in [-0.2, 0) is 12.8 Å². The van der Waals surface area contributed by atoms with Crippen molar-refractivity contribution in [1.82, 2.24) is 0 Å². The van der Waals surface area contributed by atoms with Crippen LogP contribution in [0.2, 0.25) is 0 Å². The van der Waals surface area contributed by atoms with E-state index in [1.807, 2.05) is 22.7 Å². The molecule has 0 saturated heterocycles. The summed E-state index contributed by atoms with van der Waals surface area (Å²) in [7, 11) is 0. The molecule has 1 fully saturated rings. The molecule has 1 aliphatic rings. The number of benzene rings is 7. The molecule has 2 heterocycles. The van der Waals surface area contributed by atoms with Gasteiger partial charge in [0.05, 0.1) is 20.8 Å². The molecule has 10 rings (SSSR count). The normalized spacial score (nSPS) is 14.3. The fourth-order valence-electron chi connectivity index (χ4n) is 9.99. The summed E-state index contributed by atoms with van der Waals surface area (Å²) in [4.78, 5) is 2.57. The van der Waals surface area contributed by atoms with Crippen molar-refractivity contribution in [2.45, 2.75) is 84.5 Å². The molecule has 1 aliphatic carbocycles. The first-order valence-corrected chi connectivity index (χ1v) is 23.6. The second kappa shape index (κ2) is 16.4. The highest BCUT2D eigenvalue weighted by molar-refractivity contribution is 7.27. The van der Waals surface area contributed by atoms with E-state index in [2.05, 4.69) is 158 Å². The maximum atomic E-state index is 2.57. The Bertz CT molecular complexity index is 2860. The molecule has 290 valence electrons. The van der Waals surface area contributed by atoms with Crippen molar-refractivity contribution in [2.75, 3.05) is 4.90 Å². The predicted molar refractivity (Wildman–Crippen MR) is 257 cm³/mol. The Labute approximate surface area is 352 Å². The summed E-state index contributed by atoms with van der Waals surface area (Å²) in [5, 5.41) is 8.04. The van der Waals surface area contributed by atoms with E-state index in [4.69, 9.17) is 0 Å². The molecule has 58 heavy (non-hydrogen) atoms. The highest BCUT2D eigenvalue weighted by Crippen LogP contribution is 2.50. The number of thiophene rings is 2. The maximum Gasteiger partial charge on any atom is 0.0640 e. The Morgan fingerprint density at radius 2 is 1.28 bits per heavy atom. The lowest BCUT2D eigenvalue weighted by atomic mass is 9.84. The number of hydrogen-bond donors (Lipinski definition) is 0. The summed E-state index contributed by atoms with van der Waals surface area (Å²) in [6, 6.07) is 53.1. The topological polar surface area (TPSA) is 3.24 Å². The van der Waals surface area contributed by atoms with Crippen LogP contribution < -0.4 is 4.90 Å². The third kappa shape index (κ3) is 7.01. The van der Waals surface area contributed by atoms with Crippen LogP contribution in [0.25, 0.3) is 62.2 Å². The van der Waals surface area contributed by atoms with Crippen LogP contribution in [0.3, 0.4) is 0 Å². The van der Waals surface area contributed by atoms with Gasteiger partial charge in [-0.15, -0.1) is 22.7 Å². The maximum absolute atomic E-state index is 2.57. The summed E-state index contributed by atoms with van der Waals surface area (Å²) in [5.41, 5.74) is 9.21. The van der Waals surface area contributed by atoms with E-state index >= 15 is 0 Å². The Morgan fingerprint density at radius 3 is 2.05 bits per heavy atom. The second-order valence-electron chi connectivity index (χ2n) is 16.9. The van der Waals surface area contributed by atoms with E-state index in [0.717, 1.165) is 11.8 Å². The van der Waals surface area contributed by atoms with Crippen molar-refractivity contribution < 1.29 is 0 Å². The SMILES string of the molecule is CCCCC(CC)Cc1ccc2c(c1)sc1c(N(c3ccc(-c4cccc5ccccc45)cc3)c3cccc4c3sc3c(CC5CCCCC5)cccc34)cccc12. The summed E-state index contributed by atoms with van der Waals surface area (Å²) in [5.74, 6) is 1.55. The molecule has 1 nitrogen and oxygen atoms in total. The van der Waals surface area contributed by atoms with Gasteiger partial charge in [0.15, 0.2) is 0 Å². The third-order valence-corrected chi connectivity index (χ3v) is 15.6. The van der Waals surface area contributed by atoms with E-state index < -0.39 is 0 Å². The number of unbranched alkanes of at least 4 members (excludes halogenated alkanes) is 1. The molecular formula is C55H53NS2. The molecule has 0 amide bonds. The molecule has 0 radical (unpaired) electrons. The number of rotatable bonds is 12. The van der Waals surface area contributed by atoms with Gasteiger partial charge >= 0.3 is 0 Å². The molecule has 7 aromatic carbocycles. The standard InChI is InChI=1S/C55H53NS2/c1-3-5-15-37(4-2)34-39-28-33-46-47-24-13-26-50(54(47)57-52(46)36-39)56(43-31-29-41(30-32-43)45-22-11-19-40-18-9-10-21-44(40)45)51-27-14-25-49-48-23-12-20-42(53(48)58-55(49)51)35-38-16-7-6-8-17-38/h9-14,18-33,36-38H,3-8,15-17,34-35H2,1-2H3. The van der Waals surface area contributed by atoms with E-state index in [1.165, 1.54) is 161 Å². The lowest BCUT2D eigenvalue weighted by molar-refractivity contribution is 0.357. The molecular weight excluding hydrogens is 739 g/mol. The zero-order chi connectivity index (χ0) is 39.0. The number of anilines is 3. The highest BCUT2D eigenvalue weighted by atomic mass is 32.1. The molecule has 3 heteroatoms. The lowest BCUT2D eigenvalue weighted by Gasteiger charge is -2.27. The zero-order valence-electron chi connectivity index (χ0n) is 34.0. The quantitative estimate of drug-likeness (QED) is 0.119. The zero-order valence-corrected chi connectivity index (χ0v) is 35.6. The minimum Gasteiger partial charge on any atom is -0.308 e. The van der Waals surface area contributed by atoms with Gasteiger partial charge in [-0.2, -0.15) is 0 Å². The first-order valence-electron chi connectivity index (χ1n) is 21.9. The Hall–Kier alpha value is -4.96. The van der Waals surface area contributed by atoms with Crippen LogP contribution in [0, 0.1) is 11.8 Å². The lowest BCUT2D eigenvalue weighted by Crippen LogP contribution is -2.10. The van der Waals surface area contributed by atoms with Crippen LogP contribution in [-0.4, -0.2) is 0 Å². The summed E-state index contributed by atoms with van der Waals surface area (Å²) >= 11 is 3.98. The van der Waals surface area contributed by atoms with Crippen LogP contribution in [0.4, 0.5) is 17.1 Å². The Morgan fingerprint density at radius 1 is 0.603 bits per heavy atom. The van der Waals surface area contributed by atoms with E-state index in [9.17, 15) is 0 Å². The van der Waals surface area contributed by atoms with Crippen molar-refractivity contribution in [3.05, 3.63) is 151 Å². The molecule has 0 bridgehead atoms. The van der Waals surface area contributed by atoms with Crippen LogP contribution in [0.1, 0.15) is 82.8 Å². The van der Waals surface area contributed by atoms with Crippen LogP contribution >= 0.6 is 22.7 Å². The van der Waals surface area contributed by atoms with Crippen molar-refractivity contribution in [3.63, 3.8) is 0 Å². The molecule has 0 spiro atoms. The van der Waals surface area contributed by atoms with Gasteiger partial charge in [0.1, 0.15) is 0 Å². The van der Waals surface area contributed by atoms with Gasteiger partial charge in [0.2, 0.25) is 0 Å². The van der Waals surface area contributed by atoms with Crippen molar-refractivity contribution in [3.8, 4) is 11.1 Å². The smallest absolute Gasteiger partial charge is 0.0640 e. The first kappa shape index (κ1) is 37.3. The molecule has 1 unspecified atom stereocenters. The van der Waals surface area contributed by atoms with Gasteiger partial charge in [0, 0.05) is 36.6 Å². The predicted octanol–water partition coefficient (Wildman–Crippen LogP) is 17.6. The summed E-state index contributed by atoms with van der Waals surface area (Å²) in [6.07, 6.45) is 14.4. The molecule has 9 aromatic rings. The van der Waals surface area contributed by atoms with Gasteiger partial charge in [-0.25, -0.2) is 0 Å². The highest BCUT2D eigenvalue weighted by Gasteiger charge is 2.23. The first-order chi connectivity index (χ1) is 28.7. The Kier molecular flexibility index (Phi) is 10.5. The molecule has 0 aliphatic heterocycles. The van der Waals surface area contributed by atoms with Crippen LogP contribution in [0.15, 0.2) is 140 Å². The second-order valence-corrected chi connectivity index (χ2v) is 18.9. The minimum atomic E-state index is 0.750. The fourth-order valence-corrected chi connectivity index (χ4v) is 12.6. The molecule has 2 aromatic heterocycles. The average Bonchev–Trinajstić information content (AvgIpc) is 3.85. The molecule has 1 saturated carbocycles. The van der Waals surface area contributed by atoms with Crippen molar-refractivity contribution >= 4 is 90.9 Å². The fraction of sp³-hybridized carbons (Fsp3) is 0.273. The Balaban J connectivity index is 1.13. The summed E-state index contributed by atoms with van der Waals surface area (Å²) < 4.78 is 5.58. The van der Waals surface area contributed by atoms with E-state index in [1.54, 1.807) is 0 Å². The van der Waals surface area contributed by atoms with Crippen LogP contribution in [0.5, 0.6) is 0 Å². The average molecular weight is 792 g/mol. The van der Waals surface area contributed by atoms with E-state index in [0.29, 0.717) is 0 Å². The number of fused-ring (bicyclic) bond motifs is 7. The van der Waals surface area contributed by atoms with Crippen molar-refractivity contribution in [2.24, 2.45) is 11.8 Å². The monoisotopic (exact) mass is 791 g/mol. The molecule has 0 N–H and O–H groups in total. The van der Waals surface area contributed by atoms with Gasteiger partial charge in [-0.05, 0) is 88.0 Å². The van der Waals surface area contributed by atoms with Crippen molar-refractivity contribution in [1.29, 1.82) is 0 Å². The van der Waals surface area contributed by atoms with Gasteiger partial charge in [-0.3, -0.25) is 0 Å². The van der Waals surface area contributed by atoms with E-state index in [-0.39, 0.29) is 0 Å². The summed E-state index contributed by atoms with van der Waals surface area (Å²) in [6.45, 7) is 4.68. The minimum absolute atomic E-state index is 0.750. The largest absolute Gasteiger partial charge is 0.308 e. The van der Waals surface area contributed by atoms with Gasteiger partial charge < -0.3 is 4.90 Å². The number of nitrogens with zero attached hydrogens (tertiary/aromatic N) is 1.